The van der Waals surface area contributed by atoms with Gasteiger partial charge < -0.3 is 10.1 Å². The summed E-state index contributed by atoms with van der Waals surface area (Å²) in [6, 6.07) is 6.46. The first-order chi connectivity index (χ1) is 10.7. The first-order valence-electron chi connectivity index (χ1n) is 6.76. The molecule has 1 aromatic heterocycles. The molecular weight excluding hydrogens is 284 g/mol. The van der Waals surface area contributed by atoms with Gasteiger partial charge in [0.25, 0.3) is 0 Å². The molecule has 0 aliphatic rings. The molecule has 0 unspecified atom stereocenters. The minimum Gasteiger partial charge on any atom is -0.462 e. The third-order valence-corrected chi connectivity index (χ3v) is 2.72. The van der Waals surface area contributed by atoms with Gasteiger partial charge >= 0.3 is 12.0 Å². The molecule has 2 N–H and O–H groups in total. The lowest BCUT2D eigenvalue weighted by atomic mass is 10.1. The summed E-state index contributed by atoms with van der Waals surface area (Å²) in [6.07, 6.45) is 4.46. The quantitative estimate of drug-likeness (QED) is 0.823. The van der Waals surface area contributed by atoms with E-state index in [1.165, 1.54) is 18.6 Å². The van der Waals surface area contributed by atoms with Crippen molar-refractivity contribution in [3.05, 3.63) is 54.0 Å². The summed E-state index contributed by atoms with van der Waals surface area (Å²) in [5, 5.41) is 5.25. The minimum atomic E-state index is -0.380. The molecule has 0 saturated heterocycles. The van der Waals surface area contributed by atoms with Gasteiger partial charge in [-0.25, -0.2) is 14.6 Å². The summed E-state index contributed by atoms with van der Waals surface area (Å²) in [6.45, 7) is 2.42. The van der Waals surface area contributed by atoms with Crippen molar-refractivity contribution in [3.8, 4) is 0 Å². The zero-order valence-corrected chi connectivity index (χ0v) is 12.1. The third-order valence-electron chi connectivity index (χ3n) is 2.72. The number of nitrogens with one attached hydrogen (secondary N) is 2. The molecular formula is C15H16N4O3. The molecule has 0 aliphatic heterocycles. The van der Waals surface area contributed by atoms with Crippen molar-refractivity contribution in [2.24, 2.45) is 0 Å². The van der Waals surface area contributed by atoms with Crippen molar-refractivity contribution >= 4 is 17.8 Å². The number of ether oxygens (including phenoxy) is 1. The molecule has 7 nitrogen and oxygen atoms in total. The molecule has 2 rings (SSSR count). The number of esters is 1. The van der Waals surface area contributed by atoms with E-state index in [2.05, 4.69) is 20.6 Å². The molecule has 2 amide bonds. The summed E-state index contributed by atoms with van der Waals surface area (Å²) in [5.41, 5.74) is 1.34. The Labute approximate surface area is 127 Å². The summed E-state index contributed by atoms with van der Waals surface area (Å²) in [7, 11) is 0. The first kappa shape index (κ1) is 15.4. The maximum absolute atomic E-state index is 11.7. The Morgan fingerprint density at radius 2 is 1.95 bits per heavy atom. The lowest BCUT2D eigenvalue weighted by Gasteiger charge is -2.07. The number of carbonyl (C=O) groups is 2. The lowest BCUT2D eigenvalue weighted by molar-refractivity contribution is 0.0526. The molecule has 0 aliphatic carbocycles. The molecule has 7 heteroatoms. The Balaban J connectivity index is 1.84. The largest absolute Gasteiger partial charge is 0.462 e. The van der Waals surface area contributed by atoms with Crippen LogP contribution in [0.4, 0.5) is 10.6 Å². The molecule has 114 valence electrons. The number of aromatic nitrogens is 2. The van der Waals surface area contributed by atoms with Gasteiger partial charge in [-0.2, -0.15) is 0 Å². The Kier molecular flexibility index (Phi) is 5.42. The van der Waals surface area contributed by atoms with E-state index in [1.54, 1.807) is 31.2 Å². The van der Waals surface area contributed by atoms with Crippen LogP contribution in [0.25, 0.3) is 0 Å². The highest BCUT2D eigenvalue weighted by Gasteiger charge is 2.06. The van der Waals surface area contributed by atoms with Gasteiger partial charge in [0.15, 0.2) is 5.82 Å². The number of rotatable bonds is 5. The van der Waals surface area contributed by atoms with Crippen LogP contribution in [0.5, 0.6) is 0 Å². The minimum absolute atomic E-state index is 0.329. The summed E-state index contributed by atoms with van der Waals surface area (Å²) in [5.74, 6) is 0.0139. The number of urea groups is 1. The van der Waals surface area contributed by atoms with Crippen LogP contribution in [0.15, 0.2) is 42.9 Å². The van der Waals surface area contributed by atoms with Crippen molar-refractivity contribution in [3.63, 3.8) is 0 Å². The predicted octanol–water partition coefficient (Wildman–Crippen LogP) is 1.97. The van der Waals surface area contributed by atoms with Crippen molar-refractivity contribution < 1.29 is 14.3 Å². The number of benzene rings is 1. The summed E-state index contributed by atoms with van der Waals surface area (Å²) < 4.78 is 4.90. The molecule has 1 heterocycles. The highest BCUT2D eigenvalue weighted by Crippen LogP contribution is 2.06. The normalized spacial score (nSPS) is 9.86. The molecule has 0 atom stereocenters. The van der Waals surface area contributed by atoms with E-state index < -0.39 is 0 Å². The van der Waals surface area contributed by atoms with Gasteiger partial charge in [-0.3, -0.25) is 10.3 Å². The number of carbonyl (C=O) groups excluding carboxylic acids is 2. The van der Waals surface area contributed by atoms with Crippen molar-refractivity contribution in [2.45, 2.75) is 13.5 Å². The maximum atomic E-state index is 11.7. The average Bonchev–Trinajstić information content (AvgIpc) is 2.54. The van der Waals surface area contributed by atoms with Gasteiger partial charge in [0.1, 0.15) is 0 Å². The summed E-state index contributed by atoms with van der Waals surface area (Å²) in [4.78, 5) is 31.0. The van der Waals surface area contributed by atoms with Gasteiger partial charge in [0.05, 0.1) is 18.4 Å². The van der Waals surface area contributed by atoms with Crippen molar-refractivity contribution in [1.82, 2.24) is 15.3 Å². The van der Waals surface area contributed by atoms with Crippen LogP contribution in [0.3, 0.4) is 0 Å². The highest BCUT2D eigenvalue weighted by molar-refractivity contribution is 5.89. The second-order valence-corrected chi connectivity index (χ2v) is 4.32. The smallest absolute Gasteiger partial charge is 0.338 e. The van der Waals surface area contributed by atoms with Gasteiger partial charge in [-0.1, -0.05) is 12.1 Å². The number of hydrogen-bond acceptors (Lipinski definition) is 5. The molecule has 0 saturated carbocycles. The lowest BCUT2D eigenvalue weighted by Crippen LogP contribution is -2.28. The van der Waals surface area contributed by atoms with E-state index >= 15 is 0 Å². The second-order valence-electron chi connectivity index (χ2n) is 4.32. The highest BCUT2D eigenvalue weighted by atomic mass is 16.5. The Hall–Kier alpha value is -2.96. The van der Waals surface area contributed by atoms with Crippen LogP contribution in [0.2, 0.25) is 0 Å². The van der Waals surface area contributed by atoms with Crippen LogP contribution in [0.1, 0.15) is 22.8 Å². The van der Waals surface area contributed by atoms with Crippen molar-refractivity contribution in [1.29, 1.82) is 0 Å². The number of hydrogen-bond donors (Lipinski definition) is 2. The topological polar surface area (TPSA) is 93.2 Å². The standard InChI is InChI=1S/C15H16N4O3/c1-2-22-14(20)12-5-3-11(4-6-12)9-18-15(21)19-13-10-16-7-8-17-13/h3-8,10H,2,9H2,1H3,(H2,17,18,19,21). The van der Waals surface area contributed by atoms with Crippen molar-refractivity contribution in [2.75, 3.05) is 11.9 Å². The van der Waals surface area contributed by atoms with Crippen LogP contribution in [0, 0.1) is 0 Å². The van der Waals surface area contributed by atoms with E-state index in [1.807, 2.05) is 0 Å². The second kappa shape index (κ2) is 7.72. The SMILES string of the molecule is CCOC(=O)c1ccc(CNC(=O)Nc2cnccn2)cc1. The fourth-order valence-electron chi connectivity index (χ4n) is 1.68. The van der Waals surface area contributed by atoms with Crippen LogP contribution in [-0.2, 0) is 11.3 Å². The Morgan fingerprint density at radius 1 is 1.18 bits per heavy atom. The van der Waals surface area contributed by atoms with Gasteiger partial charge in [-0.05, 0) is 24.6 Å². The first-order valence-corrected chi connectivity index (χ1v) is 6.76. The monoisotopic (exact) mass is 300 g/mol. The predicted molar refractivity (Wildman–Crippen MR) is 80.3 cm³/mol. The maximum Gasteiger partial charge on any atom is 0.338 e. The van der Waals surface area contributed by atoms with E-state index in [9.17, 15) is 9.59 Å². The molecule has 1 aromatic carbocycles. The number of nitrogens with zero attached hydrogens (tertiary/aromatic N) is 2. The fraction of sp³-hybridized carbons (Fsp3) is 0.200. The Bertz CT molecular complexity index is 629. The summed E-state index contributed by atoms with van der Waals surface area (Å²) >= 11 is 0. The molecule has 2 aromatic rings. The fourth-order valence-corrected chi connectivity index (χ4v) is 1.68. The zero-order valence-electron chi connectivity index (χ0n) is 12.1. The van der Waals surface area contributed by atoms with E-state index in [0.29, 0.717) is 24.5 Å². The number of amides is 2. The molecule has 0 spiro atoms. The van der Waals surface area contributed by atoms with E-state index in [0.717, 1.165) is 5.56 Å². The molecule has 22 heavy (non-hydrogen) atoms. The molecule has 0 fully saturated rings. The molecule has 0 bridgehead atoms. The Morgan fingerprint density at radius 3 is 2.59 bits per heavy atom. The number of anilines is 1. The van der Waals surface area contributed by atoms with Gasteiger partial charge in [-0.15, -0.1) is 0 Å². The van der Waals surface area contributed by atoms with Gasteiger partial charge in [0, 0.05) is 18.9 Å². The van der Waals surface area contributed by atoms with Crippen LogP contribution >= 0.6 is 0 Å². The van der Waals surface area contributed by atoms with Crippen LogP contribution < -0.4 is 10.6 Å². The third kappa shape index (κ3) is 4.55. The van der Waals surface area contributed by atoms with Gasteiger partial charge in [0.2, 0.25) is 0 Å². The zero-order chi connectivity index (χ0) is 15.8. The van der Waals surface area contributed by atoms with E-state index in [-0.39, 0.29) is 12.0 Å². The van der Waals surface area contributed by atoms with E-state index in [4.69, 9.17) is 4.74 Å². The average molecular weight is 300 g/mol. The molecule has 0 radical (unpaired) electrons. The van der Waals surface area contributed by atoms with Crippen LogP contribution in [-0.4, -0.2) is 28.6 Å².